The van der Waals surface area contributed by atoms with E-state index in [1.807, 2.05) is 51.1 Å². The van der Waals surface area contributed by atoms with Crippen molar-refractivity contribution in [1.82, 2.24) is 5.32 Å². The Kier molecular flexibility index (Phi) is 6.85. The minimum absolute atomic E-state index is 0.0105. The van der Waals surface area contributed by atoms with Gasteiger partial charge in [0.15, 0.2) is 6.04 Å². The second kappa shape index (κ2) is 8.38. The lowest BCUT2D eigenvalue weighted by atomic mass is 10.2. The van der Waals surface area contributed by atoms with Crippen molar-refractivity contribution in [3.05, 3.63) is 35.9 Å². The van der Waals surface area contributed by atoms with Gasteiger partial charge in [-0.15, -0.1) is 0 Å². The first-order valence-electron chi connectivity index (χ1n) is 7.01. The van der Waals surface area contributed by atoms with Gasteiger partial charge in [0, 0.05) is 0 Å². The molecule has 0 fully saturated rings. The van der Waals surface area contributed by atoms with Crippen molar-refractivity contribution < 1.29 is 23.8 Å². The van der Waals surface area contributed by atoms with E-state index in [9.17, 15) is 9.59 Å². The molecule has 1 aromatic rings. The van der Waals surface area contributed by atoms with E-state index in [1.54, 1.807) is 0 Å². The van der Waals surface area contributed by atoms with Crippen LogP contribution in [0.15, 0.2) is 30.3 Å². The first-order chi connectivity index (χ1) is 10.3. The molecule has 1 atom stereocenters. The summed E-state index contributed by atoms with van der Waals surface area (Å²) in [5, 5.41) is 2.45. The van der Waals surface area contributed by atoms with Gasteiger partial charge in [-0.25, -0.2) is 9.59 Å². The van der Waals surface area contributed by atoms with Crippen LogP contribution >= 0.6 is 0 Å². The number of hydrogen-bond acceptors (Lipinski definition) is 5. The number of alkyl carbamates (subject to hydrolysis) is 1. The van der Waals surface area contributed by atoms with E-state index in [0.29, 0.717) is 0 Å². The van der Waals surface area contributed by atoms with Gasteiger partial charge in [0.2, 0.25) is 0 Å². The lowest BCUT2D eigenvalue weighted by Crippen LogP contribution is -2.46. The number of methoxy groups -OCH3 is 1. The van der Waals surface area contributed by atoms with Gasteiger partial charge in [-0.2, -0.15) is 0 Å². The molecule has 6 heteroatoms. The highest BCUT2D eigenvalue weighted by molar-refractivity contribution is 5.81. The second-order valence-corrected chi connectivity index (χ2v) is 5.71. The summed E-state index contributed by atoms with van der Waals surface area (Å²) in [6, 6.07) is 8.35. The number of amides is 1. The molecule has 122 valence electrons. The number of esters is 1. The summed E-state index contributed by atoms with van der Waals surface area (Å²) in [6.07, 6.45) is -0.697. The van der Waals surface area contributed by atoms with Gasteiger partial charge in [0.25, 0.3) is 0 Å². The summed E-state index contributed by atoms with van der Waals surface area (Å²) in [5.74, 6) is -0.582. The number of carbonyl (C=O) groups is 2. The maximum atomic E-state index is 11.8. The van der Waals surface area contributed by atoms with Crippen molar-refractivity contribution >= 4 is 12.1 Å². The molecular formula is C16H23NO5. The van der Waals surface area contributed by atoms with Gasteiger partial charge in [0.05, 0.1) is 19.3 Å². The Morgan fingerprint density at radius 1 is 1.18 bits per heavy atom. The maximum absolute atomic E-state index is 11.8. The van der Waals surface area contributed by atoms with Crippen molar-refractivity contribution in [3.63, 3.8) is 0 Å². The molecule has 0 spiro atoms. The number of rotatable bonds is 6. The maximum Gasteiger partial charge on any atom is 0.408 e. The van der Waals surface area contributed by atoms with E-state index < -0.39 is 23.7 Å². The van der Waals surface area contributed by atoms with Gasteiger partial charge in [-0.1, -0.05) is 30.3 Å². The molecule has 22 heavy (non-hydrogen) atoms. The quantitative estimate of drug-likeness (QED) is 0.816. The van der Waals surface area contributed by atoms with Crippen LogP contribution in [0.1, 0.15) is 26.3 Å². The number of ether oxygens (including phenoxy) is 3. The highest BCUT2D eigenvalue weighted by Gasteiger charge is 2.25. The third-order valence-electron chi connectivity index (χ3n) is 2.67. The minimum Gasteiger partial charge on any atom is -0.467 e. The standard InChI is InChI=1S/C16H23NO5/c1-16(2,3)22-11-13(14(18)20-4)17-15(19)21-10-12-8-6-5-7-9-12/h5-9,13H,10-11H2,1-4H3,(H,17,19)/t13-/m1/s1. The zero-order valence-corrected chi connectivity index (χ0v) is 13.4. The molecule has 0 saturated heterocycles. The third-order valence-corrected chi connectivity index (χ3v) is 2.67. The van der Waals surface area contributed by atoms with Crippen LogP contribution in [0.25, 0.3) is 0 Å². The smallest absolute Gasteiger partial charge is 0.408 e. The van der Waals surface area contributed by atoms with Gasteiger partial charge in [-0.3, -0.25) is 0 Å². The minimum atomic E-state index is -0.910. The van der Waals surface area contributed by atoms with Crippen LogP contribution < -0.4 is 5.32 Å². The molecule has 6 nitrogen and oxygen atoms in total. The summed E-state index contributed by atoms with van der Waals surface area (Å²) in [5.41, 5.74) is 0.431. The molecule has 0 radical (unpaired) electrons. The second-order valence-electron chi connectivity index (χ2n) is 5.71. The van der Waals surface area contributed by atoms with Crippen LogP contribution in [-0.2, 0) is 25.6 Å². The molecule has 0 aliphatic carbocycles. The Morgan fingerprint density at radius 2 is 1.82 bits per heavy atom. The first-order valence-corrected chi connectivity index (χ1v) is 7.01. The normalized spacial score (nSPS) is 12.4. The van der Waals surface area contributed by atoms with E-state index in [2.05, 4.69) is 10.1 Å². The fourth-order valence-electron chi connectivity index (χ4n) is 1.55. The molecule has 0 unspecified atom stereocenters. The highest BCUT2D eigenvalue weighted by Crippen LogP contribution is 2.08. The van der Waals surface area contributed by atoms with Crippen LogP contribution in [0.2, 0.25) is 0 Å². The Morgan fingerprint density at radius 3 is 2.36 bits per heavy atom. The summed E-state index contributed by atoms with van der Waals surface area (Å²) in [6.45, 7) is 5.70. The van der Waals surface area contributed by atoms with E-state index in [1.165, 1.54) is 7.11 Å². The number of carbonyl (C=O) groups excluding carboxylic acids is 2. The monoisotopic (exact) mass is 309 g/mol. The fraction of sp³-hybridized carbons (Fsp3) is 0.500. The van der Waals surface area contributed by atoms with Gasteiger partial charge in [0.1, 0.15) is 6.61 Å². The van der Waals surface area contributed by atoms with E-state index in [0.717, 1.165) is 5.56 Å². The average molecular weight is 309 g/mol. The summed E-state index contributed by atoms with van der Waals surface area (Å²) in [4.78, 5) is 23.4. The van der Waals surface area contributed by atoms with Crippen molar-refractivity contribution in [2.24, 2.45) is 0 Å². The molecule has 1 aromatic carbocycles. The summed E-state index contributed by atoms with van der Waals surface area (Å²) in [7, 11) is 1.25. The first kappa shape index (κ1) is 18.0. The van der Waals surface area contributed by atoms with Crippen molar-refractivity contribution in [2.75, 3.05) is 13.7 Å². The SMILES string of the molecule is COC(=O)[C@@H](COC(C)(C)C)NC(=O)OCc1ccccc1. The van der Waals surface area contributed by atoms with Crippen LogP contribution in [0.3, 0.4) is 0 Å². The predicted octanol–water partition coefficient (Wildman–Crippen LogP) is 2.27. The zero-order valence-electron chi connectivity index (χ0n) is 13.4. The fourth-order valence-corrected chi connectivity index (χ4v) is 1.55. The molecule has 1 amide bonds. The van der Waals surface area contributed by atoms with Crippen molar-refractivity contribution in [1.29, 1.82) is 0 Å². The van der Waals surface area contributed by atoms with Crippen LogP contribution in [0.4, 0.5) is 4.79 Å². The largest absolute Gasteiger partial charge is 0.467 e. The molecule has 0 bridgehead atoms. The van der Waals surface area contributed by atoms with E-state index in [-0.39, 0.29) is 13.2 Å². The van der Waals surface area contributed by atoms with Crippen LogP contribution in [0.5, 0.6) is 0 Å². The predicted molar refractivity (Wildman–Crippen MR) is 81.3 cm³/mol. The lowest BCUT2D eigenvalue weighted by molar-refractivity contribution is -0.146. The molecular weight excluding hydrogens is 286 g/mol. The third kappa shape index (κ3) is 7.08. The molecule has 1 rings (SSSR count). The van der Waals surface area contributed by atoms with Crippen LogP contribution in [-0.4, -0.2) is 37.4 Å². The number of hydrogen-bond donors (Lipinski definition) is 1. The van der Waals surface area contributed by atoms with Gasteiger partial charge < -0.3 is 19.5 Å². The molecule has 0 aliphatic heterocycles. The Labute approximate surface area is 130 Å². The Hall–Kier alpha value is -2.08. The van der Waals surface area contributed by atoms with Gasteiger partial charge >= 0.3 is 12.1 Å². The zero-order chi connectivity index (χ0) is 16.6. The molecule has 0 heterocycles. The topological polar surface area (TPSA) is 73.9 Å². The van der Waals surface area contributed by atoms with Crippen molar-refractivity contribution in [2.45, 2.75) is 39.0 Å². The molecule has 0 saturated carbocycles. The summed E-state index contributed by atoms with van der Waals surface area (Å²) < 4.78 is 15.2. The Bertz CT molecular complexity index is 481. The van der Waals surface area contributed by atoms with E-state index >= 15 is 0 Å². The highest BCUT2D eigenvalue weighted by atomic mass is 16.6. The molecule has 1 N–H and O–H groups in total. The number of benzene rings is 1. The number of nitrogens with one attached hydrogen (secondary N) is 1. The average Bonchev–Trinajstić information content (AvgIpc) is 2.48. The Balaban J connectivity index is 2.50. The lowest BCUT2D eigenvalue weighted by Gasteiger charge is -2.23. The molecule has 0 aliphatic rings. The molecule has 0 aromatic heterocycles. The summed E-state index contributed by atoms with van der Waals surface area (Å²) >= 11 is 0. The van der Waals surface area contributed by atoms with E-state index in [4.69, 9.17) is 9.47 Å². The van der Waals surface area contributed by atoms with Gasteiger partial charge in [-0.05, 0) is 26.3 Å². The van der Waals surface area contributed by atoms with Crippen LogP contribution in [0, 0.1) is 0 Å². The van der Waals surface area contributed by atoms with Crippen molar-refractivity contribution in [3.8, 4) is 0 Å².